The van der Waals surface area contributed by atoms with Crippen molar-refractivity contribution in [3.05, 3.63) is 12.3 Å². The number of rotatable bonds is 1. The first kappa shape index (κ1) is 9.07. The van der Waals surface area contributed by atoms with Crippen LogP contribution in [-0.4, -0.2) is 28.7 Å². The van der Waals surface area contributed by atoms with Gasteiger partial charge in [-0.2, -0.15) is 0 Å². The topological polar surface area (TPSA) is 79.5 Å². The zero-order valence-electron chi connectivity index (χ0n) is 7.19. The summed E-state index contributed by atoms with van der Waals surface area (Å²) in [6.07, 6.45) is 1.39. The van der Waals surface area contributed by atoms with Crippen LogP contribution in [0.5, 0.6) is 0 Å². The van der Waals surface area contributed by atoms with Crippen LogP contribution in [0.15, 0.2) is 21.8 Å². The number of nitrogens with one attached hydrogen (secondary N) is 2. The molecule has 0 bridgehead atoms. The molecule has 0 saturated carbocycles. The second-order valence-corrected chi connectivity index (χ2v) is 3.58. The van der Waals surface area contributed by atoms with E-state index in [2.05, 4.69) is 25.3 Å². The van der Waals surface area contributed by atoms with Crippen molar-refractivity contribution in [1.29, 1.82) is 0 Å². The van der Waals surface area contributed by atoms with Crippen LogP contribution in [-0.2, 0) is 0 Å². The molecule has 0 unspecified atom stereocenters. The highest BCUT2D eigenvalue weighted by Gasteiger charge is 2.11. The van der Waals surface area contributed by atoms with E-state index in [0.717, 1.165) is 12.3 Å². The molecular formula is C7H8N4O2S. The van der Waals surface area contributed by atoms with Gasteiger partial charge >= 0.3 is 6.03 Å². The molecule has 0 fully saturated rings. The van der Waals surface area contributed by atoms with E-state index in [-0.39, 0.29) is 6.03 Å². The Balaban J connectivity index is 1.84. The second-order valence-electron chi connectivity index (χ2n) is 2.50. The molecule has 7 heteroatoms. The zero-order valence-corrected chi connectivity index (χ0v) is 8.00. The Morgan fingerprint density at radius 2 is 2.50 bits per heavy atom. The summed E-state index contributed by atoms with van der Waals surface area (Å²) >= 11 is 1.52. The van der Waals surface area contributed by atoms with E-state index >= 15 is 0 Å². The minimum absolute atomic E-state index is 0.355. The number of urea groups is 1. The predicted octanol–water partition coefficient (Wildman–Crippen LogP) is 0.899. The van der Waals surface area contributed by atoms with Gasteiger partial charge in [-0.25, -0.2) is 4.79 Å². The van der Waals surface area contributed by atoms with Gasteiger partial charge in [0.05, 0.1) is 6.54 Å². The number of amides is 2. The fourth-order valence-corrected chi connectivity index (χ4v) is 1.66. The molecule has 1 aliphatic rings. The van der Waals surface area contributed by atoms with Crippen LogP contribution < -0.4 is 10.6 Å². The molecule has 1 aromatic rings. The zero-order chi connectivity index (χ0) is 9.80. The van der Waals surface area contributed by atoms with Crippen molar-refractivity contribution < 1.29 is 9.32 Å². The lowest BCUT2D eigenvalue weighted by molar-refractivity contribution is 0.256. The van der Waals surface area contributed by atoms with E-state index in [1.54, 1.807) is 6.07 Å². The van der Waals surface area contributed by atoms with Gasteiger partial charge in [0.1, 0.15) is 6.26 Å². The number of thioether (sulfide) groups is 1. The molecule has 1 aromatic heterocycles. The fourth-order valence-electron chi connectivity index (χ4n) is 0.932. The van der Waals surface area contributed by atoms with Gasteiger partial charge < -0.3 is 4.52 Å². The summed E-state index contributed by atoms with van der Waals surface area (Å²) in [5, 5.41) is 9.28. The molecule has 6 nitrogen and oxygen atoms in total. The Morgan fingerprint density at radius 3 is 3.14 bits per heavy atom. The van der Waals surface area contributed by atoms with E-state index in [4.69, 9.17) is 0 Å². The van der Waals surface area contributed by atoms with Gasteiger partial charge in [0.15, 0.2) is 11.0 Å². The third-order valence-electron chi connectivity index (χ3n) is 1.49. The number of carbonyl (C=O) groups is 1. The molecule has 0 aliphatic carbocycles. The first-order chi connectivity index (χ1) is 6.84. The molecule has 2 N–H and O–H groups in total. The van der Waals surface area contributed by atoms with Crippen LogP contribution in [0, 0.1) is 0 Å². The third-order valence-corrected chi connectivity index (χ3v) is 2.38. The molecule has 2 heterocycles. The molecule has 0 atom stereocenters. The van der Waals surface area contributed by atoms with E-state index in [0.29, 0.717) is 11.0 Å². The maximum absolute atomic E-state index is 11.3. The number of aliphatic imine (C=N–C) groups is 1. The molecule has 0 radical (unpaired) electrons. The molecule has 74 valence electrons. The molecule has 2 amide bonds. The van der Waals surface area contributed by atoms with Crippen molar-refractivity contribution in [2.45, 2.75) is 0 Å². The van der Waals surface area contributed by atoms with E-state index in [9.17, 15) is 4.79 Å². The summed E-state index contributed by atoms with van der Waals surface area (Å²) in [6, 6.07) is 1.20. The maximum Gasteiger partial charge on any atom is 0.326 e. The minimum atomic E-state index is -0.355. The summed E-state index contributed by atoms with van der Waals surface area (Å²) in [7, 11) is 0. The van der Waals surface area contributed by atoms with Crippen molar-refractivity contribution in [3.8, 4) is 0 Å². The van der Waals surface area contributed by atoms with Crippen molar-refractivity contribution in [1.82, 2.24) is 10.5 Å². The molecule has 0 aromatic carbocycles. The number of hydrogen-bond donors (Lipinski definition) is 2. The third kappa shape index (κ3) is 2.25. The summed E-state index contributed by atoms with van der Waals surface area (Å²) in [4.78, 5) is 15.3. The Hall–Kier alpha value is -1.50. The molecule has 2 rings (SSSR count). The quantitative estimate of drug-likeness (QED) is 0.724. The van der Waals surface area contributed by atoms with Crippen molar-refractivity contribution in [3.63, 3.8) is 0 Å². The van der Waals surface area contributed by atoms with E-state index in [1.807, 2.05) is 0 Å². The number of hydrogen-bond acceptors (Lipinski definition) is 5. The molecule has 0 spiro atoms. The number of anilines is 1. The maximum atomic E-state index is 11.3. The SMILES string of the molecule is O=C(NC1=NCCS1)Nc1ccon1. The number of nitrogens with zero attached hydrogens (tertiary/aromatic N) is 2. The first-order valence-corrected chi connectivity index (χ1v) is 4.99. The minimum Gasteiger partial charge on any atom is -0.363 e. The Labute approximate surface area is 84.1 Å². The summed E-state index contributed by atoms with van der Waals surface area (Å²) in [5.41, 5.74) is 0. The largest absolute Gasteiger partial charge is 0.363 e. The van der Waals surface area contributed by atoms with Crippen molar-refractivity contribution in [2.24, 2.45) is 4.99 Å². The Morgan fingerprint density at radius 1 is 1.57 bits per heavy atom. The van der Waals surface area contributed by atoms with Crippen LogP contribution >= 0.6 is 11.8 Å². The predicted molar refractivity (Wildman–Crippen MR) is 53.4 cm³/mol. The van der Waals surface area contributed by atoms with E-state index < -0.39 is 0 Å². The average molecular weight is 212 g/mol. The van der Waals surface area contributed by atoms with Gasteiger partial charge in [0.25, 0.3) is 0 Å². The van der Waals surface area contributed by atoms with Crippen LogP contribution in [0.4, 0.5) is 10.6 Å². The summed E-state index contributed by atoms with van der Waals surface area (Å²) in [5.74, 6) is 1.30. The molecule has 0 saturated heterocycles. The number of carbonyl (C=O) groups excluding carboxylic acids is 1. The van der Waals surface area contributed by atoms with Crippen LogP contribution in [0.25, 0.3) is 0 Å². The first-order valence-electron chi connectivity index (χ1n) is 4.00. The smallest absolute Gasteiger partial charge is 0.326 e. The average Bonchev–Trinajstić information content (AvgIpc) is 2.76. The highest BCUT2D eigenvalue weighted by atomic mass is 32.2. The molecule has 14 heavy (non-hydrogen) atoms. The lowest BCUT2D eigenvalue weighted by Gasteiger charge is -2.02. The Kier molecular flexibility index (Phi) is 2.68. The van der Waals surface area contributed by atoms with Crippen molar-refractivity contribution >= 4 is 28.8 Å². The normalized spacial score (nSPS) is 15.0. The lowest BCUT2D eigenvalue weighted by Crippen LogP contribution is -2.31. The molecule has 1 aliphatic heterocycles. The van der Waals surface area contributed by atoms with Crippen molar-refractivity contribution in [2.75, 3.05) is 17.6 Å². The molecular weight excluding hydrogens is 204 g/mol. The van der Waals surface area contributed by atoms with Crippen LogP contribution in [0.1, 0.15) is 0 Å². The Bertz CT molecular complexity index is 349. The van der Waals surface area contributed by atoms with Gasteiger partial charge in [-0.3, -0.25) is 15.6 Å². The van der Waals surface area contributed by atoms with Crippen LogP contribution in [0.2, 0.25) is 0 Å². The number of aromatic nitrogens is 1. The summed E-state index contributed by atoms with van der Waals surface area (Å²) in [6.45, 7) is 0.754. The van der Waals surface area contributed by atoms with Gasteiger partial charge in [-0.15, -0.1) is 0 Å². The van der Waals surface area contributed by atoms with Gasteiger partial charge in [-0.05, 0) is 0 Å². The highest BCUT2D eigenvalue weighted by molar-refractivity contribution is 8.14. The van der Waals surface area contributed by atoms with Gasteiger partial charge in [0.2, 0.25) is 0 Å². The van der Waals surface area contributed by atoms with Crippen LogP contribution in [0.3, 0.4) is 0 Å². The summed E-state index contributed by atoms with van der Waals surface area (Å²) < 4.78 is 4.56. The highest BCUT2D eigenvalue weighted by Crippen LogP contribution is 2.09. The fraction of sp³-hybridized carbons (Fsp3) is 0.286. The van der Waals surface area contributed by atoms with E-state index in [1.165, 1.54) is 18.0 Å². The second kappa shape index (κ2) is 4.14. The standard InChI is InChI=1S/C7H8N4O2S/c12-6(9-5-1-3-13-11-5)10-7-8-2-4-14-7/h1,3H,2,4H2,(H2,8,9,10,11,12). The van der Waals surface area contributed by atoms with Gasteiger partial charge in [-0.1, -0.05) is 16.9 Å². The monoisotopic (exact) mass is 212 g/mol. The lowest BCUT2D eigenvalue weighted by atomic mass is 10.6. The van der Waals surface area contributed by atoms with Gasteiger partial charge in [0, 0.05) is 11.8 Å². The number of amidine groups is 1.